The van der Waals surface area contributed by atoms with Crippen molar-refractivity contribution in [1.82, 2.24) is 0 Å². The van der Waals surface area contributed by atoms with Crippen LogP contribution in [0.1, 0.15) is 22.8 Å². The molecular formula is C21H21NO. The molecule has 0 spiro atoms. The summed E-state index contributed by atoms with van der Waals surface area (Å²) in [5.74, 6) is 0. The number of aryl methyl sites for hydroxylation is 1. The van der Waals surface area contributed by atoms with Crippen molar-refractivity contribution in [2.75, 3.05) is 11.9 Å². The van der Waals surface area contributed by atoms with Crippen LogP contribution in [-0.2, 0) is 0 Å². The van der Waals surface area contributed by atoms with Gasteiger partial charge in [0.1, 0.15) is 6.10 Å². The number of aliphatic hydroxyl groups excluding tert-OH is 1. The van der Waals surface area contributed by atoms with E-state index in [1.54, 1.807) is 0 Å². The summed E-state index contributed by atoms with van der Waals surface area (Å²) in [6, 6.07) is 26.2. The van der Waals surface area contributed by atoms with E-state index in [0.717, 1.165) is 28.1 Å². The molecule has 2 heteroatoms. The number of rotatable bonds is 4. The Bertz CT molecular complexity index is 768. The fraction of sp³-hybridized carbons (Fsp3) is 0.143. The average molecular weight is 303 g/mol. The third-order valence-electron chi connectivity index (χ3n) is 4.16. The molecule has 1 N–H and O–H groups in total. The standard InChI is InChI=1S/C21H21NO/c1-16-15-18(21(23)17-9-5-3-6-10-17)13-14-20(16)22(2)19-11-7-4-8-12-19/h3-15,21,23H,1-2H3. The van der Waals surface area contributed by atoms with Crippen LogP contribution >= 0.6 is 0 Å². The van der Waals surface area contributed by atoms with Crippen LogP contribution in [0.25, 0.3) is 0 Å². The number of benzene rings is 3. The fourth-order valence-electron chi connectivity index (χ4n) is 2.84. The van der Waals surface area contributed by atoms with Gasteiger partial charge in [-0.3, -0.25) is 0 Å². The second kappa shape index (κ2) is 6.67. The predicted octanol–water partition coefficient (Wildman–Crippen LogP) is 4.84. The highest BCUT2D eigenvalue weighted by atomic mass is 16.3. The van der Waals surface area contributed by atoms with Crippen LogP contribution in [0.3, 0.4) is 0 Å². The van der Waals surface area contributed by atoms with Gasteiger partial charge in [-0.25, -0.2) is 0 Å². The van der Waals surface area contributed by atoms with E-state index in [1.165, 1.54) is 0 Å². The molecule has 0 amide bonds. The van der Waals surface area contributed by atoms with Gasteiger partial charge in [0.25, 0.3) is 0 Å². The number of aliphatic hydroxyl groups is 1. The van der Waals surface area contributed by atoms with Gasteiger partial charge in [-0.1, -0.05) is 60.7 Å². The predicted molar refractivity (Wildman–Crippen MR) is 96.2 cm³/mol. The van der Waals surface area contributed by atoms with Gasteiger partial charge in [-0.15, -0.1) is 0 Å². The van der Waals surface area contributed by atoms with Crippen molar-refractivity contribution in [1.29, 1.82) is 0 Å². The molecule has 0 saturated heterocycles. The van der Waals surface area contributed by atoms with E-state index >= 15 is 0 Å². The molecule has 0 heterocycles. The molecule has 0 aliphatic rings. The van der Waals surface area contributed by atoms with Crippen LogP contribution in [0.15, 0.2) is 78.9 Å². The molecule has 0 radical (unpaired) electrons. The highest BCUT2D eigenvalue weighted by Crippen LogP contribution is 2.30. The molecule has 0 fully saturated rings. The lowest BCUT2D eigenvalue weighted by Crippen LogP contribution is -2.11. The fourth-order valence-corrected chi connectivity index (χ4v) is 2.84. The summed E-state index contributed by atoms with van der Waals surface area (Å²) >= 11 is 0. The highest BCUT2D eigenvalue weighted by Gasteiger charge is 2.13. The maximum atomic E-state index is 10.5. The Balaban J connectivity index is 1.89. The van der Waals surface area contributed by atoms with E-state index < -0.39 is 6.10 Å². The Morgan fingerprint density at radius 1 is 0.783 bits per heavy atom. The molecule has 116 valence electrons. The third kappa shape index (κ3) is 3.27. The number of para-hydroxylation sites is 1. The van der Waals surface area contributed by atoms with Crippen molar-refractivity contribution in [3.63, 3.8) is 0 Å². The van der Waals surface area contributed by atoms with Gasteiger partial charge in [-0.2, -0.15) is 0 Å². The van der Waals surface area contributed by atoms with Crippen molar-refractivity contribution in [3.05, 3.63) is 95.6 Å². The van der Waals surface area contributed by atoms with Crippen molar-refractivity contribution >= 4 is 11.4 Å². The molecule has 1 unspecified atom stereocenters. The van der Waals surface area contributed by atoms with Crippen molar-refractivity contribution in [2.45, 2.75) is 13.0 Å². The van der Waals surface area contributed by atoms with Crippen LogP contribution in [0, 0.1) is 6.92 Å². The van der Waals surface area contributed by atoms with E-state index in [1.807, 2.05) is 54.6 Å². The quantitative estimate of drug-likeness (QED) is 0.745. The first-order valence-electron chi connectivity index (χ1n) is 7.79. The van der Waals surface area contributed by atoms with Gasteiger partial charge >= 0.3 is 0 Å². The smallest absolute Gasteiger partial charge is 0.104 e. The first-order chi connectivity index (χ1) is 11.2. The molecule has 3 aromatic rings. The molecule has 0 aliphatic heterocycles. The Kier molecular flexibility index (Phi) is 4.45. The Morgan fingerprint density at radius 2 is 1.39 bits per heavy atom. The van der Waals surface area contributed by atoms with Crippen LogP contribution in [0.5, 0.6) is 0 Å². The van der Waals surface area contributed by atoms with Crippen LogP contribution in [0.2, 0.25) is 0 Å². The van der Waals surface area contributed by atoms with Crippen LogP contribution < -0.4 is 4.90 Å². The van der Waals surface area contributed by atoms with Crippen molar-refractivity contribution in [3.8, 4) is 0 Å². The minimum atomic E-state index is -0.592. The third-order valence-corrected chi connectivity index (χ3v) is 4.16. The minimum absolute atomic E-state index is 0.592. The first kappa shape index (κ1) is 15.3. The molecule has 0 aliphatic carbocycles. The number of hydrogen-bond acceptors (Lipinski definition) is 2. The summed E-state index contributed by atoms with van der Waals surface area (Å²) in [6.45, 7) is 2.08. The lowest BCUT2D eigenvalue weighted by Gasteiger charge is -2.23. The van der Waals surface area contributed by atoms with Crippen molar-refractivity contribution in [2.24, 2.45) is 0 Å². The van der Waals surface area contributed by atoms with Gasteiger partial charge in [0.05, 0.1) is 0 Å². The second-order valence-electron chi connectivity index (χ2n) is 5.75. The lowest BCUT2D eigenvalue weighted by molar-refractivity contribution is 0.220. The number of nitrogens with zero attached hydrogens (tertiary/aromatic N) is 1. The lowest BCUT2D eigenvalue weighted by atomic mass is 9.99. The zero-order chi connectivity index (χ0) is 16.2. The SMILES string of the molecule is Cc1cc(C(O)c2ccccc2)ccc1N(C)c1ccccc1. The van der Waals surface area contributed by atoms with Crippen LogP contribution in [0.4, 0.5) is 11.4 Å². The van der Waals surface area contributed by atoms with E-state index in [9.17, 15) is 5.11 Å². The largest absolute Gasteiger partial charge is 0.384 e. The molecule has 0 saturated carbocycles. The maximum Gasteiger partial charge on any atom is 0.104 e. The summed E-state index contributed by atoms with van der Waals surface area (Å²) in [6.07, 6.45) is -0.592. The Hall–Kier alpha value is -2.58. The Morgan fingerprint density at radius 3 is 2.00 bits per heavy atom. The Labute approximate surface area is 137 Å². The minimum Gasteiger partial charge on any atom is -0.384 e. The van der Waals surface area contributed by atoms with Gasteiger partial charge < -0.3 is 10.0 Å². The maximum absolute atomic E-state index is 10.5. The number of hydrogen-bond donors (Lipinski definition) is 1. The van der Waals surface area contributed by atoms with E-state index in [4.69, 9.17) is 0 Å². The summed E-state index contributed by atoms with van der Waals surface area (Å²) in [7, 11) is 2.06. The molecule has 3 rings (SSSR count). The zero-order valence-electron chi connectivity index (χ0n) is 13.5. The van der Waals surface area contributed by atoms with Crippen molar-refractivity contribution < 1.29 is 5.11 Å². The summed E-state index contributed by atoms with van der Waals surface area (Å²) in [5, 5.41) is 10.5. The molecule has 2 nitrogen and oxygen atoms in total. The summed E-state index contributed by atoms with van der Waals surface area (Å²) < 4.78 is 0. The van der Waals surface area contributed by atoms with Gasteiger partial charge in [0.15, 0.2) is 0 Å². The number of anilines is 2. The van der Waals surface area contributed by atoms with E-state index in [0.29, 0.717) is 0 Å². The molecule has 3 aromatic carbocycles. The molecule has 1 atom stereocenters. The average Bonchev–Trinajstić information content (AvgIpc) is 2.62. The van der Waals surface area contributed by atoms with Crippen LogP contribution in [-0.4, -0.2) is 12.2 Å². The van der Waals surface area contributed by atoms with E-state index in [-0.39, 0.29) is 0 Å². The van der Waals surface area contributed by atoms with E-state index in [2.05, 4.69) is 43.1 Å². The zero-order valence-corrected chi connectivity index (χ0v) is 13.5. The molecule has 0 aromatic heterocycles. The first-order valence-corrected chi connectivity index (χ1v) is 7.79. The monoisotopic (exact) mass is 303 g/mol. The normalized spacial score (nSPS) is 12.0. The highest BCUT2D eigenvalue weighted by molar-refractivity contribution is 5.66. The van der Waals surface area contributed by atoms with Gasteiger partial charge in [0.2, 0.25) is 0 Å². The molecular weight excluding hydrogens is 282 g/mol. The summed E-state index contributed by atoms with van der Waals surface area (Å²) in [4.78, 5) is 2.16. The topological polar surface area (TPSA) is 23.5 Å². The molecule has 0 bridgehead atoms. The van der Waals surface area contributed by atoms with Gasteiger partial charge in [0, 0.05) is 18.4 Å². The molecule has 23 heavy (non-hydrogen) atoms. The summed E-state index contributed by atoms with van der Waals surface area (Å²) in [5.41, 5.74) is 5.26. The second-order valence-corrected chi connectivity index (χ2v) is 5.75. The van der Waals surface area contributed by atoms with Gasteiger partial charge in [-0.05, 0) is 41.8 Å².